The SMILES string of the molecule is CNC(COC)CN1CCC(N(C)C)CC1. The molecule has 4 heteroatoms. The first kappa shape index (κ1) is 13.9. The quantitative estimate of drug-likeness (QED) is 0.706. The fourth-order valence-electron chi connectivity index (χ4n) is 2.36. The lowest BCUT2D eigenvalue weighted by molar-refractivity contribution is 0.108. The molecule has 0 bridgehead atoms. The van der Waals surface area contributed by atoms with Crippen molar-refractivity contribution in [3.8, 4) is 0 Å². The molecule has 0 aromatic carbocycles. The number of nitrogens with zero attached hydrogens (tertiary/aromatic N) is 2. The van der Waals surface area contributed by atoms with E-state index in [1.807, 2.05) is 7.05 Å². The summed E-state index contributed by atoms with van der Waals surface area (Å²) in [5, 5.41) is 3.31. The first-order chi connectivity index (χ1) is 7.67. The van der Waals surface area contributed by atoms with Crippen molar-refractivity contribution in [3.63, 3.8) is 0 Å². The summed E-state index contributed by atoms with van der Waals surface area (Å²) in [6, 6.07) is 1.23. The van der Waals surface area contributed by atoms with E-state index in [9.17, 15) is 0 Å². The molecule has 0 aliphatic carbocycles. The van der Waals surface area contributed by atoms with Crippen LogP contribution in [-0.4, -0.2) is 76.4 Å². The molecule has 1 saturated heterocycles. The molecule has 1 heterocycles. The summed E-state index contributed by atoms with van der Waals surface area (Å²) in [4.78, 5) is 4.89. The molecule has 0 spiro atoms. The number of likely N-dealkylation sites (N-methyl/N-ethyl adjacent to an activating group) is 1. The van der Waals surface area contributed by atoms with E-state index in [4.69, 9.17) is 4.74 Å². The number of rotatable bonds is 6. The van der Waals surface area contributed by atoms with Crippen molar-refractivity contribution < 1.29 is 4.74 Å². The Kier molecular flexibility index (Phi) is 6.28. The summed E-state index contributed by atoms with van der Waals surface area (Å²) < 4.78 is 5.20. The Bertz CT molecular complexity index is 179. The van der Waals surface area contributed by atoms with Crippen molar-refractivity contribution in [2.45, 2.75) is 24.9 Å². The minimum absolute atomic E-state index is 0.459. The van der Waals surface area contributed by atoms with E-state index in [0.717, 1.165) is 19.2 Å². The third kappa shape index (κ3) is 4.37. The van der Waals surface area contributed by atoms with E-state index in [1.54, 1.807) is 7.11 Å². The van der Waals surface area contributed by atoms with Crippen LogP contribution in [0.5, 0.6) is 0 Å². The molecule has 96 valence electrons. The van der Waals surface area contributed by atoms with Crippen molar-refractivity contribution in [3.05, 3.63) is 0 Å². The zero-order valence-electron chi connectivity index (χ0n) is 11.2. The lowest BCUT2D eigenvalue weighted by atomic mass is 10.0. The van der Waals surface area contributed by atoms with Crippen LogP contribution < -0.4 is 5.32 Å². The molecule has 16 heavy (non-hydrogen) atoms. The first-order valence-electron chi connectivity index (χ1n) is 6.22. The monoisotopic (exact) mass is 229 g/mol. The lowest BCUT2D eigenvalue weighted by Crippen LogP contribution is -2.48. The molecule has 1 fully saturated rings. The third-order valence-electron chi connectivity index (χ3n) is 3.54. The van der Waals surface area contributed by atoms with E-state index in [-0.39, 0.29) is 0 Å². The Labute approximate surface area is 99.9 Å². The van der Waals surface area contributed by atoms with E-state index in [1.165, 1.54) is 25.9 Å². The van der Waals surface area contributed by atoms with Crippen LogP contribution >= 0.6 is 0 Å². The van der Waals surface area contributed by atoms with Crippen molar-refractivity contribution in [2.24, 2.45) is 0 Å². The largest absolute Gasteiger partial charge is 0.383 e. The van der Waals surface area contributed by atoms with Gasteiger partial charge in [-0.15, -0.1) is 0 Å². The fraction of sp³-hybridized carbons (Fsp3) is 1.00. The van der Waals surface area contributed by atoms with Gasteiger partial charge in [0.2, 0.25) is 0 Å². The molecule has 4 nitrogen and oxygen atoms in total. The zero-order valence-corrected chi connectivity index (χ0v) is 11.2. The number of hydrogen-bond acceptors (Lipinski definition) is 4. The van der Waals surface area contributed by atoms with Gasteiger partial charge in [0.15, 0.2) is 0 Å². The second-order valence-corrected chi connectivity index (χ2v) is 4.94. The van der Waals surface area contributed by atoms with Gasteiger partial charge >= 0.3 is 0 Å². The summed E-state index contributed by atoms with van der Waals surface area (Å²) in [6.45, 7) is 4.32. The fourth-order valence-corrected chi connectivity index (χ4v) is 2.36. The minimum Gasteiger partial charge on any atom is -0.383 e. The van der Waals surface area contributed by atoms with Crippen LogP contribution in [-0.2, 0) is 4.74 Å². The Morgan fingerprint density at radius 1 is 1.38 bits per heavy atom. The summed E-state index contributed by atoms with van der Waals surface area (Å²) in [5.41, 5.74) is 0. The average Bonchev–Trinajstić information content (AvgIpc) is 2.29. The predicted molar refractivity (Wildman–Crippen MR) is 67.9 cm³/mol. The molecule has 1 atom stereocenters. The first-order valence-corrected chi connectivity index (χ1v) is 6.22. The van der Waals surface area contributed by atoms with Crippen LogP contribution in [0.1, 0.15) is 12.8 Å². The third-order valence-corrected chi connectivity index (χ3v) is 3.54. The number of methoxy groups -OCH3 is 1. The number of likely N-dealkylation sites (tertiary alicyclic amines) is 1. The molecule has 1 aliphatic rings. The Morgan fingerprint density at radius 3 is 2.44 bits per heavy atom. The molecule has 0 aromatic rings. The van der Waals surface area contributed by atoms with Gasteiger partial charge in [-0.1, -0.05) is 0 Å². The topological polar surface area (TPSA) is 27.7 Å². The molecule has 1 aliphatic heterocycles. The second kappa shape index (κ2) is 7.22. The molecule has 1 rings (SSSR count). The summed E-state index contributed by atoms with van der Waals surface area (Å²) in [6.07, 6.45) is 2.58. The maximum atomic E-state index is 5.20. The number of nitrogens with one attached hydrogen (secondary N) is 1. The van der Waals surface area contributed by atoms with Gasteiger partial charge in [-0.2, -0.15) is 0 Å². The Hall–Kier alpha value is -0.160. The smallest absolute Gasteiger partial charge is 0.0628 e. The van der Waals surface area contributed by atoms with Crippen LogP contribution in [0.3, 0.4) is 0 Å². The van der Waals surface area contributed by atoms with Crippen LogP contribution in [0.2, 0.25) is 0 Å². The second-order valence-electron chi connectivity index (χ2n) is 4.94. The van der Waals surface area contributed by atoms with Crippen LogP contribution in [0.15, 0.2) is 0 Å². The summed E-state index contributed by atoms with van der Waals surface area (Å²) in [7, 11) is 8.14. The van der Waals surface area contributed by atoms with E-state index in [0.29, 0.717) is 6.04 Å². The maximum Gasteiger partial charge on any atom is 0.0628 e. The molecule has 0 aromatic heterocycles. The highest BCUT2D eigenvalue weighted by Gasteiger charge is 2.22. The Morgan fingerprint density at radius 2 is 2.00 bits per heavy atom. The van der Waals surface area contributed by atoms with Gasteiger partial charge in [0.05, 0.1) is 6.61 Å². The summed E-state index contributed by atoms with van der Waals surface area (Å²) >= 11 is 0. The minimum atomic E-state index is 0.459. The highest BCUT2D eigenvalue weighted by Crippen LogP contribution is 2.14. The maximum absolute atomic E-state index is 5.20. The molecule has 1 unspecified atom stereocenters. The van der Waals surface area contributed by atoms with Crippen molar-refractivity contribution in [1.82, 2.24) is 15.1 Å². The van der Waals surface area contributed by atoms with Crippen LogP contribution in [0, 0.1) is 0 Å². The number of hydrogen-bond donors (Lipinski definition) is 1. The van der Waals surface area contributed by atoms with Crippen LogP contribution in [0.25, 0.3) is 0 Å². The molecule has 0 saturated carbocycles. The Balaban J connectivity index is 2.25. The van der Waals surface area contributed by atoms with Crippen molar-refractivity contribution >= 4 is 0 Å². The summed E-state index contributed by atoms with van der Waals surface area (Å²) in [5.74, 6) is 0. The van der Waals surface area contributed by atoms with E-state index < -0.39 is 0 Å². The molecule has 0 amide bonds. The van der Waals surface area contributed by atoms with Gasteiger partial charge < -0.3 is 19.9 Å². The molecular formula is C12H27N3O. The standard InChI is InChI=1S/C12H27N3O/c1-13-11(10-16-4)9-15-7-5-12(6-8-15)14(2)3/h11-13H,5-10H2,1-4H3. The van der Waals surface area contributed by atoms with E-state index in [2.05, 4.69) is 29.2 Å². The molecule has 1 N–H and O–H groups in total. The van der Waals surface area contributed by atoms with Gasteiger partial charge in [-0.3, -0.25) is 0 Å². The molecular weight excluding hydrogens is 202 g/mol. The lowest BCUT2D eigenvalue weighted by Gasteiger charge is -2.36. The van der Waals surface area contributed by atoms with Crippen LogP contribution in [0.4, 0.5) is 0 Å². The number of ether oxygens (including phenoxy) is 1. The van der Waals surface area contributed by atoms with Gasteiger partial charge in [-0.05, 0) is 47.1 Å². The average molecular weight is 229 g/mol. The highest BCUT2D eigenvalue weighted by molar-refractivity contribution is 4.79. The number of piperidine rings is 1. The zero-order chi connectivity index (χ0) is 12.0. The van der Waals surface area contributed by atoms with Crippen molar-refractivity contribution in [1.29, 1.82) is 0 Å². The van der Waals surface area contributed by atoms with Gasteiger partial charge in [0.1, 0.15) is 0 Å². The van der Waals surface area contributed by atoms with Crippen molar-refractivity contribution in [2.75, 3.05) is 54.5 Å². The molecule has 0 radical (unpaired) electrons. The normalized spacial score (nSPS) is 21.6. The highest BCUT2D eigenvalue weighted by atomic mass is 16.5. The van der Waals surface area contributed by atoms with Gasteiger partial charge in [-0.25, -0.2) is 0 Å². The van der Waals surface area contributed by atoms with Gasteiger partial charge in [0.25, 0.3) is 0 Å². The van der Waals surface area contributed by atoms with E-state index >= 15 is 0 Å². The predicted octanol–water partition coefficient (Wildman–Crippen LogP) is 0.247. The van der Waals surface area contributed by atoms with Gasteiger partial charge in [0, 0.05) is 25.7 Å².